The number of benzene rings is 1. The van der Waals surface area contributed by atoms with Gasteiger partial charge in [0.05, 0.1) is 11.9 Å². The van der Waals surface area contributed by atoms with Gasteiger partial charge >= 0.3 is 0 Å². The number of rotatable bonds is 3. The molecule has 0 aliphatic carbocycles. The van der Waals surface area contributed by atoms with E-state index in [9.17, 15) is 4.39 Å². The molecule has 2 aromatic rings. The van der Waals surface area contributed by atoms with E-state index in [2.05, 4.69) is 31.9 Å². The Kier molecular flexibility index (Phi) is 4.22. The number of methoxy groups -OCH3 is 1. The lowest BCUT2D eigenvalue weighted by Crippen LogP contribution is -1.94. The van der Waals surface area contributed by atoms with Crippen LogP contribution in [0.4, 0.5) is 4.39 Å². The van der Waals surface area contributed by atoms with Crippen molar-refractivity contribution >= 4 is 43.2 Å². The summed E-state index contributed by atoms with van der Waals surface area (Å²) in [6.45, 7) is 0. The van der Waals surface area contributed by atoms with Gasteiger partial charge in [-0.3, -0.25) is 0 Å². The minimum Gasteiger partial charge on any atom is -0.494 e. The van der Waals surface area contributed by atoms with Crippen LogP contribution in [0.2, 0.25) is 0 Å². The lowest BCUT2D eigenvalue weighted by Gasteiger charge is -2.11. The zero-order valence-electron chi connectivity index (χ0n) is 8.91. The molecule has 0 bridgehead atoms. The number of alkyl halides is 1. The van der Waals surface area contributed by atoms with E-state index in [1.165, 1.54) is 13.2 Å². The molecule has 0 aliphatic heterocycles. The molecule has 1 nitrogen and oxygen atoms in total. The first kappa shape index (κ1) is 13.1. The second-order valence-corrected chi connectivity index (χ2v) is 6.11. The highest BCUT2D eigenvalue weighted by Crippen LogP contribution is 2.39. The zero-order chi connectivity index (χ0) is 12.4. The van der Waals surface area contributed by atoms with Gasteiger partial charge in [0.25, 0.3) is 0 Å². The fourth-order valence-corrected chi connectivity index (χ4v) is 4.24. The molecule has 0 N–H and O–H groups in total. The van der Waals surface area contributed by atoms with Crippen LogP contribution in [0.1, 0.15) is 15.3 Å². The van der Waals surface area contributed by atoms with Gasteiger partial charge in [0, 0.05) is 9.35 Å². The second kappa shape index (κ2) is 5.50. The maximum Gasteiger partial charge on any atom is 0.165 e. The summed E-state index contributed by atoms with van der Waals surface area (Å²) in [5, 5.41) is 2.01. The van der Waals surface area contributed by atoms with Crippen LogP contribution in [-0.2, 0) is 0 Å². The SMILES string of the molecule is COc1cc(C(Br)c2sccc2Br)ccc1F. The first-order chi connectivity index (χ1) is 8.13. The molecule has 1 aromatic heterocycles. The Labute approximate surface area is 120 Å². The molecule has 0 amide bonds. The van der Waals surface area contributed by atoms with Crippen molar-refractivity contribution in [1.29, 1.82) is 0 Å². The molecule has 1 atom stereocenters. The van der Waals surface area contributed by atoms with Crippen molar-refractivity contribution in [3.8, 4) is 5.75 Å². The Morgan fingerprint density at radius 2 is 2.12 bits per heavy atom. The van der Waals surface area contributed by atoms with Crippen LogP contribution in [0.25, 0.3) is 0 Å². The summed E-state index contributed by atoms with van der Waals surface area (Å²) >= 11 is 8.75. The molecule has 0 fully saturated rings. The molecule has 0 radical (unpaired) electrons. The minimum atomic E-state index is -0.346. The number of hydrogen-bond donors (Lipinski definition) is 0. The number of hydrogen-bond acceptors (Lipinski definition) is 2. The average molecular weight is 380 g/mol. The number of ether oxygens (including phenoxy) is 1. The number of halogens is 3. The van der Waals surface area contributed by atoms with E-state index in [1.807, 2.05) is 11.4 Å². The van der Waals surface area contributed by atoms with E-state index < -0.39 is 0 Å². The highest BCUT2D eigenvalue weighted by atomic mass is 79.9. The fourth-order valence-electron chi connectivity index (χ4n) is 1.47. The Morgan fingerprint density at radius 1 is 1.35 bits per heavy atom. The maximum absolute atomic E-state index is 13.3. The van der Waals surface area contributed by atoms with Crippen LogP contribution < -0.4 is 4.74 Å². The summed E-state index contributed by atoms with van der Waals surface area (Å²) in [7, 11) is 1.46. The molecular weight excluding hydrogens is 371 g/mol. The smallest absolute Gasteiger partial charge is 0.165 e. The summed E-state index contributed by atoms with van der Waals surface area (Å²) in [6, 6.07) is 6.88. The Bertz CT molecular complexity index is 527. The summed E-state index contributed by atoms with van der Waals surface area (Å²) < 4.78 is 19.3. The van der Waals surface area contributed by atoms with Crippen molar-refractivity contribution in [1.82, 2.24) is 0 Å². The van der Waals surface area contributed by atoms with Crippen LogP contribution in [-0.4, -0.2) is 7.11 Å². The van der Waals surface area contributed by atoms with Gasteiger partial charge in [-0.05, 0) is 45.1 Å². The van der Waals surface area contributed by atoms with Crippen LogP contribution in [0.3, 0.4) is 0 Å². The molecule has 90 valence electrons. The third kappa shape index (κ3) is 2.72. The van der Waals surface area contributed by atoms with Crippen LogP contribution in [0, 0.1) is 5.82 Å². The molecule has 5 heteroatoms. The summed E-state index contributed by atoms with van der Waals surface area (Å²) in [4.78, 5) is 1.19. The van der Waals surface area contributed by atoms with Crippen LogP contribution in [0.15, 0.2) is 34.1 Å². The van der Waals surface area contributed by atoms with E-state index in [-0.39, 0.29) is 16.4 Å². The molecule has 1 unspecified atom stereocenters. The van der Waals surface area contributed by atoms with Crippen molar-refractivity contribution in [2.24, 2.45) is 0 Å². The molecular formula is C12H9Br2FOS. The van der Waals surface area contributed by atoms with Gasteiger partial charge < -0.3 is 4.74 Å². The van der Waals surface area contributed by atoms with E-state index in [0.29, 0.717) is 0 Å². The van der Waals surface area contributed by atoms with Crippen molar-refractivity contribution in [2.75, 3.05) is 7.11 Å². The topological polar surface area (TPSA) is 9.23 Å². The third-order valence-electron chi connectivity index (χ3n) is 2.34. The van der Waals surface area contributed by atoms with Crippen molar-refractivity contribution in [3.05, 3.63) is 50.4 Å². The Balaban J connectivity index is 2.38. The van der Waals surface area contributed by atoms with Gasteiger partial charge in [0.1, 0.15) is 0 Å². The van der Waals surface area contributed by atoms with Crippen LogP contribution >= 0.6 is 43.2 Å². The van der Waals surface area contributed by atoms with Gasteiger partial charge in [-0.25, -0.2) is 4.39 Å². The van der Waals surface area contributed by atoms with Gasteiger partial charge in [0.15, 0.2) is 11.6 Å². The molecule has 17 heavy (non-hydrogen) atoms. The van der Waals surface area contributed by atoms with Gasteiger partial charge in [0.2, 0.25) is 0 Å². The molecule has 0 saturated carbocycles. The van der Waals surface area contributed by atoms with E-state index in [1.54, 1.807) is 23.5 Å². The van der Waals surface area contributed by atoms with E-state index >= 15 is 0 Å². The zero-order valence-corrected chi connectivity index (χ0v) is 12.9. The molecule has 1 heterocycles. The highest BCUT2D eigenvalue weighted by Gasteiger charge is 2.16. The average Bonchev–Trinajstić information content (AvgIpc) is 2.75. The summed E-state index contributed by atoms with van der Waals surface area (Å²) in [5.74, 6) is -0.0826. The quantitative estimate of drug-likeness (QED) is 0.670. The largest absolute Gasteiger partial charge is 0.494 e. The van der Waals surface area contributed by atoms with E-state index in [4.69, 9.17) is 4.74 Å². The maximum atomic E-state index is 13.3. The highest BCUT2D eigenvalue weighted by molar-refractivity contribution is 9.11. The standard InChI is InChI=1S/C12H9Br2FOS/c1-16-10-6-7(2-3-9(10)15)11(14)12-8(13)4-5-17-12/h2-6,11H,1H3. The van der Waals surface area contributed by atoms with Crippen molar-refractivity contribution in [2.45, 2.75) is 4.83 Å². The van der Waals surface area contributed by atoms with Gasteiger partial charge in [-0.2, -0.15) is 0 Å². The van der Waals surface area contributed by atoms with Crippen molar-refractivity contribution in [3.63, 3.8) is 0 Å². The minimum absolute atomic E-state index is 0.0337. The molecule has 1 aromatic carbocycles. The first-order valence-electron chi connectivity index (χ1n) is 4.84. The third-order valence-corrected chi connectivity index (χ3v) is 5.57. The predicted molar refractivity (Wildman–Crippen MR) is 75.7 cm³/mol. The fraction of sp³-hybridized carbons (Fsp3) is 0.167. The molecule has 2 rings (SSSR count). The predicted octanol–water partition coefficient (Wildman–Crippen LogP) is 5.14. The molecule has 0 saturated heterocycles. The van der Waals surface area contributed by atoms with Crippen molar-refractivity contribution < 1.29 is 9.13 Å². The molecule has 0 spiro atoms. The van der Waals surface area contributed by atoms with Gasteiger partial charge in [-0.1, -0.05) is 22.0 Å². The molecule has 0 aliphatic rings. The van der Waals surface area contributed by atoms with E-state index in [0.717, 1.165) is 14.9 Å². The summed E-state index contributed by atoms with van der Waals surface area (Å²) in [6.07, 6.45) is 0. The monoisotopic (exact) mass is 378 g/mol. The number of thiophene rings is 1. The lowest BCUT2D eigenvalue weighted by atomic mass is 10.1. The normalized spacial score (nSPS) is 12.5. The van der Waals surface area contributed by atoms with Gasteiger partial charge in [-0.15, -0.1) is 11.3 Å². The Morgan fingerprint density at radius 3 is 2.71 bits per heavy atom. The Hall–Kier alpha value is -0.390. The first-order valence-corrected chi connectivity index (χ1v) is 7.42. The second-order valence-electron chi connectivity index (χ2n) is 3.39. The van der Waals surface area contributed by atoms with Crippen LogP contribution in [0.5, 0.6) is 5.75 Å². The summed E-state index contributed by atoms with van der Waals surface area (Å²) in [5.41, 5.74) is 0.964. The lowest BCUT2D eigenvalue weighted by molar-refractivity contribution is 0.386.